The molecule has 0 fully saturated rings. The number of rotatable bonds is 54. The van der Waals surface area contributed by atoms with Crippen LogP contribution in [-0.4, -0.2) is 47.4 Å². The molecule has 0 aliphatic rings. The normalized spacial score (nSPS) is 12.7. The summed E-state index contributed by atoms with van der Waals surface area (Å²) in [6.45, 7) is 4.91. The number of amides is 1. The molecule has 0 heterocycles. The molecule has 6 nitrogen and oxygen atoms in total. The van der Waals surface area contributed by atoms with E-state index >= 15 is 0 Å². The Bertz CT molecular complexity index is 1010. The number of carbonyl (C=O) groups excluding carboxylic acids is 2. The zero-order chi connectivity index (χ0) is 47.2. The second-order valence-electron chi connectivity index (χ2n) is 20.0. The van der Waals surface area contributed by atoms with E-state index in [2.05, 4.69) is 43.5 Å². The quantitative estimate of drug-likeness (QED) is 0.0321. The van der Waals surface area contributed by atoms with Crippen LogP contribution in [0.5, 0.6) is 0 Å². The van der Waals surface area contributed by atoms with Crippen molar-refractivity contribution in [3.05, 3.63) is 24.3 Å². The maximum atomic E-state index is 12.4. The van der Waals surface area contributed by atoms with Crippen molar-refractivity contribution >= 4 is 11.9 Å². The number of hydrogen-bond donors (Lipinski definition) is 3. The summed E-state index contributed by atoms with van der Waals surface area (Å²) in [6.07, 6.45) is 66.1. The first kappa shape index (κ1) is 63.3. The van der Waals surface area contributed by atoms with Gasteiger partial charge in [0.05, 0.1) is 25.4 Å². The smallest absolute Gasteiger partial charge is 0.305 e. The van der Waals surface area contributed by atoms with Crippen molar-refractivity contribution in [2.24, 2.45) is 0 Å². The van der Waals surface area contributed by atoms with Gasteiger partial charge in [0.25, 0.3) is 0 Å². The Morgan fingerprint density at radius 3 is 1.20 bits per heavy atom. The van der Waals surface area contributed by atoms with E-state index in [1.54, 1.807) is 0 Å². The van der Waals surface area contributed by atoms with Gasteiger partial charge in [0.1, 0.15) is 0 Å². The number of unbranched alkanes of at least 4 members (excludes halogenated alkanes) is 39. The van der Waals surface area contributed by atoms with Crippen LogP contribution >= 0.6 is 0 Å². The monoisotopic (exact) mass is 916 g/mol. The van der Waals surface area contributed by atoms with Crippen molar-refractivity contribution in [3.8, 4) is 0 Å². The topological polar surface area (TPSA) is 95.9 Å². The minimum absolute atomic E-state index is 0.000381. The highest BCUT2D eigenvalue weighted by Crippen LogP contribution is 2.17. The number of carbonyl (C=O) groups is 2. The van der Waals surface area contributed by atoms with E-state index in [4.69, 9.17) is 4.74 Å². The number of hydrogen-bond acceptors (Lipinski definition) is 5. The number of ether oxygens (including phenoxy) is 1. The summed E-state index contributed by atoms with van der Waals surface area (Å²) in [5.41, 5.74) is 0. The molecule has 2 unspecified atom stereocenters. The lowest BCUT2D eigenvalue weighted by Gasteiger charge is -2.22. The Kier molecular flexibility index (Phi) is 53.5. The first-order valence-electron chi connectivity index (χ1n) is 29.1. The Balaban J connectivity index is 3.35. The van der Waals surface area contributed by atoms with E-state index < -0.39 is 12.1 Å². The van der Waals surface area contributed by atoms with Crippen LogP contribution in [0.2, 0.25) is 0 Å². The van der Waals surface area contributed by atoms with Crippen LogP contribution in [0.4, 0.5) is 0 Å². The van der Waals surface area contributed by atoms with Crippen LogP contribution < -0.4 is 5.32 Å². The van der Waals surface area contributed by atoms with Gasteiger partial charge in [-0.15, -0.1) is 0 Å². The van der Waals surface area contributed by atoms with Gasteiger partial charge in [0.15, 0.2) is 0 Å². The standard InChI is InChI=1S/C59H113NO5/c1-3-5-7-9-11-13-15-16-26-30-33-37-41-45-49-53-59(64)65-54-50-46-42-38-34-31-28-25-23-21-19-17-18-20-22-24-27-29-32-36-40-44-48-52-58(63)60-56(55-61)57(62)51-47-43-39-35-14-12-10-8-6-4-2/h11,13,16,26,56-57,61-62H,3-10,12,14-15,17-25,27-55H2,1-2H3,(H,60,63)/b13-11-,26-16-. The van der Waals surface area contributed by atoms with Crippen molar-refractivity contribution < 1.29 is 24.5 Å². The van der Waals surface area contributed by atoms with Gasteiger partial charge in [0, 0.05) is 12.8 Å². The lowest BCUT2D eigenvalue weighted by atomic mass is 10.0. The van der Waals surface area contributed by atoms with E-state index in [9.17, 15) is 19.8 Å². The van der Waals surface area contributed by atoms with Gasteiger partial charge in [0.2, 0.25) is 5.91 Å². The van der Waals surface area contributed by atoms with Gasteiger partial charge in [-0.2, -0.15) is 0 Å². The second kappa shape index (κ2) is 54.9. The van der Waals surface area contributed by atoms with E-state index in [-0.39, 0.29) is 18.5 Å². The summed E-state index contributed by atoms with van der Waals surface area (Å²) in [6, 6.07) is -0.539. The van der Waals surface area contributed by atoms with Crippen LogP contribution in [0.1, 0.15) is 316 Å². The molecule has 0 aromatic carbocycles. The molecule has 0 aliphatic carbocycles. The molecule has 0 saturated heterocycles. The number of esters is 1. The number of aliphatic hydroxyl groups is 2. The molecular weight excluding hydrogens is 803 g/mol. The van der Waals surface area contributed by atoms with E-state index in [1.165, 1.54) is 231 Å². The van der Waals surface area contributed by atoms with Crippen LogP contribution in [-0.2, 0) is 14.3 Å². The van der Waals surface area contributed by atoms with Crippen LogP contribution in [0.25, 0.3) is 0 Å². The zero-order valence-corrected chi connectivity index (χ0v) is 43.7. The highest BCUT2D eigenvalue weighted by molar-refractivity contribution is 5.76. The predicted molar refractivity (Wildman–Crippen MR) is 283 cm³/mol. The van der Waals surface area contributed by atoms with Crippen LogP contribution in [0, 0.1) is 0 Å². The molecule has 65 heavy (non-hydrogen) atoms. The highest BCUT2D eigenvalue weighted by atomic mass is 16.5. The molecule has 0 spiro atoms. The highest BCUT2D eigenvalue weighted by Gasteiger charge is 2.20. The summed E-state index contributed by atoms with van der Waals surface area (Å²) in [7, 11) is 0. The SMILES string of the molecule is CCCCC/C=C\C/C=C\CCCCCCCC(=O)OCCCCCCCCCCCCCCCCCCCCCCCCCC(=O)NC(CO)C(O)CCCCCCCCCCCC. The van der Waals surface area contributed by atoms with Crippen LogP contribution in [0.3, 0.4) is 0 Å². The molecule has 0 aromatic rings. The molecule has 0 aliphatic heterocycles. The molecule has 0 radical (unpaired) electrons. The van der Waals surface area contributed by atoms with Crippen molar-refractivity contribution in [2.75, 3.05) is 13.2 Å². The maximum absolute atomic E-state index is 12.4. The molecule has 0 rings (SSSR count). The maximum Gasteiger partial charge on any atom is 0.305 e. The lowest BCUT2D eigenvalue weighted by molar-refractivity contribution is -0.143. The first-order valence-corrected chi connectivity index (χ1v) is 29.1. The summed E-state index contributed by atoms with van der Waals surface area (Å²) in [4.78, 5) is 24.5. The van der Waals surface area contributed by atoms with Gasteiger partial charge in [-0.3, -0.25) is 9.59 Å². The van der Waals surface area contributed by atoms with Crippen molar-refractivity contribution in [1.29, 1.82) is 0 Å². The Hall–Kier alpha value is -1.66. The van der Waals surface area contributed by atoms with E-state index in [0.717, 1.165) is 51.4 Å². The summed E-state index contributed by atoms with van der Waals surface area (Å²) < 4.78 is 5.47. The third-order valence-electron chi connectivity index (χ3n) is 13.5. The first-order chi connectivity index (χ1) is 32.0. The Morgan fingerprint density at radius 1 is 0.431 bits per heavy atom. The van der Waals surface area contributed by atoms with Crippen molar-refractivity contribution in [3.63, 3.8) is 0 Å². The van der Waals surface area contributed by atoms with Crippen LogP contribution in [0.15, 0.2) is 24.3 Å². The molecule has 0 saturated carbocycles. The minimum Gasteiger partial charge on any atom is -0.466 e. The zero-order valence-electron chi connectivity index (χ0n) is 43.7. The number of aliphatic hydroxyl groups excluding tert-OH is 2. The molecule has 2 atom stereocenters. The van der Waals surface area contributed by atoms with Gasteiger partial charge >= 0.3 is 5.97 Å². The van der Waals surface area contributed by atoms with Crippen molar-refractivity contribution in [1.82, 2.24) is 5.32 Å². The number of nitrogens with one attached hydrogen (secondary N) is 1. The van der Waals surface area contributed by atoms with Gasteiger partial charge < -0.3 is 20.3 Å². The van der Waals surface area contributed by atoms with Crippen molar-refractivity contribution in [2.45, 2.75) is 328 Å². The van der Waals surface area contributed by atoms with Gasteiger partial charge in [-0.05, 0) is 57.8 Å². The van der Waals surface area contributed by atoms with E-state index in [1.807, 2.05) is 0 Å². The molecule has 0 aromatic heterocycles. The minimum atomic E-state index is -0.662. The fourth-order valence-corrected chi connectivity index (χ4v) is 9.02. The average molecular weight is 917 g/mol. The Morgan fingerprint density at radius 2 is 0.769 bits per heavy atom. The third kappa shape index (κ3) is 51.6. The van der Waals surface area contributed by atoms with Gasteiger partial charge in [-0.1, -0.05) is 269 Å². The molecule has 384 valence electrons. The molecule has 0 bridgehead atoms. The fourth-order valence-electron chi connectivity index (χ4n) is 9.02. The van der Waals surface area contributed by atoms with Gasteiger partial charge in [-0.25, -0.2) is 0 Å². The molecule has 3 N–H and O–H groups in total. The summed E-state index contributed by atoms with van der Waals surface area (Å²) in [5.74, 6) is -0.0353. The van der Waals surface area contributed by atoms with E-state index in [0.29, 0.717) is 25.9 Å². The largest absolute Gasteiger partial charge is 0.466 e. The lowest BCUT2D eigenvalue weighted by Crippen LogP contribution is -2.45. The summed E-state index contributed by atoms with van der Waals surface area (Å²) >= 11 is 0. The Labute approximate surface area is 405 Å². The predicted octanol–water partition coefficient (Wildman–Crippen LogP) is 17.9. The molecule has 1 amide bonds. The third-order valence-corrected chi connectivity index (χ3v) is 13.5. The fraction of sp³-hybridized carbons (Fsp3) is 0.898. The average Bonchev–Trinajstić information content (AvgIpc) is 3.31. The second-order valence-corrected chi connectivity index (χ2v) is 20.0. The number of allylic oxidation sites excluding steroid dienone is 4. The summed E-state index contributed by atoms with van der Waals surface area (Å²) in [5, 5.41) is 23.1. The molecule has 6 heteroatoms. The molecular formula is C59H113NO5.